The molecule has 0 radical (unpaired) electrons. The lowest BCUT2D eigenvalue weighted by atomic mass is 10.1. The van der Waals surface area contributed by atoms with Crippen molar-refractivity contribution in [2.24, 2.45) is 5.10 Å². The molecule has 3 aromatic carbocycles. The van der Waals surface area contributed by atoms with E-state index in [2.05, 4.69) is 42.4 Å². The first kappa shape index (κ1) is 23.7. The number of nitrogens with one attached hydrogen (secondary N) is 1. The van der Waals surface area contributed by atoms with Crippen molar-refractivity contribution in [1.82, 2.24) is 5.43 Å². The standard InChI is InChI=1S/C21H14Br2ClN3O5/c22-16-7-12(8-17(23)20(16)32-11-13-3-1-2-4-18(13)24)10-25-26-21(29)15-9-14(27(30)31)5-6-19(15)28/h1-10,28H,11H2,(H,26,29)/b25-10-. The van der Waals surface area contributed by atoms with E-state index in [9.17, 15) is 20.0 Å². The predicted octanol–water partition coefficient (Wildman–Crippen LogP) is 5.82. The van der Waals surface area contributed by atoms with E-state index < -0.39 is 16.6 Å². The lowest BCUT2D eigenvalue weighted by molar-refractivity contribution is -0.384. The fourth-order valence-corrected chi connectivity index (χ4v) is 4.24. The number of non-ortho nitro benzene ring substituents is 1. The van der Waals surface area contributed by atoms with Crippen LogP contribution in [0.5, 0.6) is 11.5 Å². The molecule has 3 aromatic rings. The van der Waals surface area contributed by atoms with Gasteiger partial charge in [0, 0.05) is 22.7 Å². The summed E-state index contributed by atoms with van der Waals surface area (Å²) in [5.41, 5.74) is 3.11. The molecule has 11 heteroatoms. The number of amides is 1. The van der Waals surface area contributed by atoms with Crippen molar-refractivity contribution in [2.75, 3.05) is 0 Å². The number of nitro benzene ring substituents is 1. The lowest BCUT2D eigenvalue weighted by Crippen LogP contribution is -2.18. The molecule has 0 atom stereocenters. The maximum atomic E-state index is 12.2. The molecule has 0 saturated heterocycles. The highest BCUT2D eigenvalue weighted by Gasteiger charge is 2.16. The van der Waals surface area contributed by atoms with Crippen molar-refractivity contribution in [3.05, 3.63) is 95.4 Å². The van der Waals surface area contributed by atoms with Crippen LogP contribution in [0.15, 0.2) is 68.6 Å². The molecule has 2 N–H and O–H groups in total. The van der Waals surface area contributed by atoms with Crippen LogP contribution in [0.25, 0.3) is 0 Å². The third-order valence-corrected chi connectivity index (χ3v) is 5.71. The summed E-state index contributed by atoms with van der Waals surface area (Å²) in [6.07, 6.45) is 1.37. The quantitative estimate of drug-likeness (QED) is 0.207. The molecule has 0 bridgehead atoms. The molecule has 0 unspecified atom stereocenters. The van der Waals surface area contributed by atoms with Gasteiger partial charge < -0.3 is 9.84 Å². The Bertz CT molecular complexity index is 1200. The Kier molecular flexibility index (Phi) is 7.84. The first-order chi connectivity index (χ1) is 15.3. The summed E-state index contributed by atoms with van der Waals surface area (Å²) in [5.74, 6) is -0.623. The zero-order valence-electron chi connectivity index (χ0n) is 16.1. The van der Waals surface area contributed by atoms with Crippen molar-refractivity contribution >= 4 is 61.3 Å². The van der Waals surface area contributed by atoms with E-state index in [0.717, 1.165) is 23.8 Å². The summed E-state index contributed by atoms with van der Waals surface area (Å²) >= 11 is 13.0. The number of nitrogens with zero attached hydrogens (tertiary/aromatic N) is 2. The minimum atomic E-state index is -0.791. The first-order valence-electron chi connectivity index (χ1n) is 8.92. The van der Waals surface area contributed by atoms with E-state index in [4.69, 9.17) is 16.3 Å². The van der Waals surface area contributed by atoms with Crippen molar-refractivity contribution < 1.29 is 19.6 Å². The van der Waals surface area contributed by atoms with Gasteiger partial charge in [-0.2, -0.15) is 5.10 Å². The zero-order valence-corrected chi connectivity index (χ0v) is 20.0. The van der Waals surface area contributed by atoms with Gasteiger partial charge in [0.1, 0.15) is 18.1 Å². The molecular weight excluding hydrogens is 570 g/mol. The average molecular weight is 584 g/mol. The number of nitro groups is 1. The van der Waals surface area contributed by atoms with E-state index in [1.165, 1.54) is 6.21 Å². The van der Waals surface area contributed by atoms with Crippen molar-refractivity contribution in [3.63, 3.8) is 0 Å². The fraction of sp³-hybridized carbons (Fsp3) is 0.0476. The second-order valence-electron chi connectivity index (χ2n) is 6.35. The number of rotatable bonds is 7. The monoisotopic (exact) mass is 581 g/mol. The Labute approximate surface area is 204 Å². The van der Waals surface area contributed by atoms with Gasteiger partial charge in [-0.3, -0.25) is 14.9 Å². The maximum absolute atomic E-state index is 12.2. The van der Waals surface area contributed by atoms with Gasteiger partial charge in [0.25, 0.3) is 11.6 Å². The third kappa shape index (κ3) is 5.84. The summed E-state index contributed by atoms with van der Waals surface area (Å²) in [6.45, 7) is 0.271. The first-order valence-corrected chi connectivity index (χ1v) is 10.9. The van der Waals surface area contributed by atoms with Crippen LogP contribution in [-0.2, 0) is 6.61 Å². The van der Waals surface area contributed by atoms with Gasteiger partial charge >= 0.3 is 0 Å². The SMILES string of the molecule is O=C(N/N=C\c1cc(Br)c(OCc2ccccc2Cl)c(Br)c1)c1cc([N+](=O)[O-])ccc1O. The Hall–Kier alpha value is -2.95. The molecule has 0 aliphatic heterocycles. The molecule has 0 heterocycles. The van der Waals surface area contributed by atoms with Crippen molar-refractivity contribution in [3.8, 4) is 11.5 Å². The minimum absolute atomic E-state index is 0.262. The number of hydrogen-bond donors (Lipinski definition) is 2. The number of benzene rings is 3. The topological polar surface area (TPSA) is 114 Å². The predicted molar refractivity (Wildman–Crippen MR) is 127 cm³/mol. The van der Waals surface area contributed by atoms with Gasteiger partial charge in [-0.15, -0.1) is 0 Å². The van der Waals surface area contributed by atoms with Gasteiger partial charge in [-0.25, -0.2) is 5.43 Å². The number of hydrogen-bond acceptors (Lipinski definition) is 6. The summed E-state index contributed by atoms with van der Waals surface area (Å²) < 4.78 is 7.14. The van der Waals surface area contributed by atoms with Crippen LogP contribution in [0.3, 0.4) is 0 Å². The molecule has 8 nitrogen and oxygen atoms in total. The highest BCUT2D eigenvalue weighted by molar-refractivity contribution is 9.11. The van der Waals surface area contributed by atoms with Crippen molar-refractivity contribution in [1.29, 1.82) is 0 Å². The van der Waals surface area contributed by atoms with Crippen LogP contribution in [0.2, 0.25) is 5.02 Å². The average Bonchev–Trinajstić information content (AvgIpc) is 2.74. The van der Waals surface area contributed by atoms with Gasteiger partial charge in [0.15, 0.2) is 0 Å². The Balaban J connectivity index is 1.69. The largest absolute Gasteiger partial charge is 0.507 e. The summed E-state index contributed by atoms with van der Waals surface area (Å²) in [5, 5.41) is 25.1. The molecule has 3 rings (SSSR count). The highest BCUT2D eigenvalue weighted by atomic mass is 79.9. The van der Waals surface area contributed by atoms with Crippen LogP contribution in [-0.4, -0.2) is 22.2 Å². The minimum Gasteiger partial charge on any atom is -0.507 e. The van der Waals surface area contributed by atoms with Crippen LogP contribution >= 0.6 is 43.5 Å². The van der Waals surface area contributed by atoms with E-state index in [0.29, 0.717) is 25.3 Å². The van der Waals surface area contributed by atoms with Crippen LogP contribution in [0, 0.1) is 10.1 Å². The maximum Gasteiger partial charge on any atom is 0.275 e. The third-order valence-electron chi connectivity index (χ3n) is 4.17. The van der Waals surface area contributed by atoms with E-state index in [1.54, 1.807) is 18.2 Å². The van der Waals surface area contributed by atoms with Gasteiger partial charge in [0.2, 0.25) is 0 Å². The van der Waals surface area contributed by atoms with E-state index >= 15 is 0 Å². The van der Waals surface area contributed by atoms with Crippen LogP contribution in [0.4, 0.5) is 5.69 Å². The van der Waals surface area contributed by atoms with E-state index in [-0.39, 0.29) is 17.9 Å². The van der Waals surface area contributed by atoms with Crippen LogP contribution in [0.1, 0.15) is 21.5 Å². The number of carbonyl (C=O) groups excluding carboxylic acids is 1. The molecule has 0 fully saturated rings. The fourth-order valence-electron chi connectivity index (χ4n) is 2.60. The second-order valence-corrected chi connectivity index (χ2v) is 8.47. The van der Waals surface area contributed by atoms with Crippen LogP contribution < -0.4 is 10.2 Å². The molecule has 0 spiro atoms. The van der Waals surface area contributed by atoms with Gasteiger partial charge in [0.05, 0.1) is 25.6 Å². The smallest absolute Gasteiger partial charge is 0.275 e. The molecule has 0 aromatic heterocycles. The number of aromatic hydroxyl groups is 1. The molecule has 0 saturated carbocycles. The number of halogens is 3. The molecule has 1 amide bonds. The molecule has 0 aliphatic rings. The Morgan fingerprint density at radius 2 is 1.88 bits per heavy atom. The molecular formula is C21H14Br2ClN3O5. The zero-order chi connectivity index (χ0) is 23.3. The summed E-state index contributed by atoms with van der Waals surface area (Å²) in [6, 6.07) is 14.0. The van der Waals surface area contributed by atoms with Crippen molar-refractivity contribution in [2.45, 2.75) is 6.61 Å². The molecule has 0 aliphatic carbocycles. The Morgan fingerprint density at radius 1 is 1.19 bits per heavy atom. The number of hydrazone groups is 1. The molecule has 32 heavy (non-hydrogen) atoms. The number of carbonyl (C=O) groups is 1. The lowest BCUT2D eigenvalue weighted by Gasteiger charge is -2.12. The number of phenolic OH excluding ortho intramolecular Hbond substituents is 1. The second kappa shape index (κ2) is 10.6. The molecule has 164 valence electrons. The number of phenols is 1. The van der Waals surface area contributed by atoms with Gasteiger partial charge in [-0.1, -0.05) is 29.8 Å². The normalized spacial score (nSPS) is 10.8. The number of ether oxygens (including phenoxy) is 1. The summed E-state index contributed by atoms with van der Waals surface area (Å²) in [4.78, 5) is 22.4. The Morgan fingerprint density at radius 3 is 2.53 bits per heavy atom. The highest BCUT2D eigenvalue weighted by Crippen LogP contribution is 2.35. The summed E-state index contributed by atoms with van der Waals surface area (Å²) in [7, 11) is 0. The van der Waals surface area contributed by atoms with Gasteiger partial charge in [-0.05, 0) is 61.7 Å². The van der Waals surface area contributed by atoms with E-state index in [1.807, 2.05) is 18.2 Å².